The Labute approximate surface area is 346 Å². The van der Waals surface area contributed by atoms with Crippen LogP contribution in [0.2, 0.25) is 0 Å². The lowest BCUT2D eigenvalue weighted by atomic mass is 10.00. The number of aromatic nitrogens is 4. The van der Waals surface area contributed by atoms with Gasteiger partial charge >= 0.3 is 0 Å². The first-order valence-electron chi connectivity index (χ1n) is 20.4. The average molecular weight is 765 g/mol. The van der Waals surface area contributed by atoms with Crippen LogP contribution < -0.4 is 0 Å². The topological polar surface area (TPSA) is 35.6 Å². The molecule has 280 valence electrons. The van der Waals surface area contributed by atoms with Crippen molar-refractivity contribution in [1.82, 2.24) is 19.1 Å². The van der Waals surface area contributed by atoms with E-state index < -0.39 is 0 Å². The number of benzene rings is 9. The molecule has 0 atom stereocenters. The molecule has 9 aromatic carbocycles. The van der Waals surface area contributed by atoms with Gasteiger partial charge in [-0.05, 0) is 76.5 Å². The number of nitrogens with zero attached hydrogens (tertiary/aromatic N) is 4. The van der Waals surface area contributed by atoms with Crippen molar-refractivity contribution in [3.63, 3.8) is 0 Å². The largest absolute Gasteiger partial charge is 0.309 e. The Morgan fingerprint density at radius 1 is 0.283 bits per heavy atom. The number of hydrogen-bond donors (Lipinski definition) is 0. The van der Waals surface area contributed by atoms with Gasteiger partial charge in [-0.2, -0.15) is 0 Å². The summed E-state index contributed by atoms with van der Waals surface area (Å²) in [6.45, 7) is 0. The van der Waals surface area contributed by atoms with Gasteiger partial charge in [0.1, 0.15) is 0 Å². The van der Waals surface area contributed by atoms with Crippen LogP contribution in [-0.2, 0) is 0 Å². The van der Waals surface area contributed by atoms with E-state index in [0.717, 1.165) is 50.6 Å². The molecule has 0 saturated heterocycles. The summed E-state index contributed by atoms with van der Waals surface area (Å²) in [5, 5.41) is 7.32. The second-order valence-corrected chi connectivity index (χ2v) is 15.4. The minimum absolute atomic E-state index is 0.702. The zero-order valence-corrected chi connectivity index (χ0v) is 32.6. The highest BCUT2D eigenvalue weighted by molar-refractivity contribution is 6.19. The van der Waals surface area contributed by atoms with Crippen molar-refractivity contribution < 1.29 is 0 Å². The first-order chi connectivity index (χ1) is 29.7. The van der Waals surface area contributed by atoms with Crippen LogP contribution in [0.3, 0.4) is 0 Å². The summed E-state index contributed by atoms with van der Waals surface area (Å²) in [7, 11) is 0. The van der Waals surface area contributed by atoms with E-state index >= 15 is 0 Å². The molecule has 4 heteroatoms. The molecule has 4 nitrogen and oxygen atoms in total. The first-order valence-corrected chi connectivity index (χ1v) is 20.4. The van der Waals surface area contributed by atoms with Gasteiger partial charge < -0.3 is 9.13 Å². The average Bonchev–Trinajstić information content (AvgIpc) is 3.83. The minimum atomic E-state index is 0.702. The summed E-state index contributed by atoms with van der Waals surface area (Å²) in [6.07, 6.45) is 0. The number of hydrogen-bond acceptors (Lipinski definition) is 2. The van der Waals surface area contributed by atoms with E-state index in [1.807, 2.05) is 6.07 Å². The zero-order chi connectivity index (χ0) is 39.6. The van der Waals surface area contributed by atoms with Crippen LogP contribution in [0, 0.1) is 0 Å². The van der Waals surface area contributed by atoms with Gasteiger partial charge in [0, 0.05) is 49.6 Å². The molecule has 0 aliphatic rings. The highest BCUT2D eigenvalue weighted by Gasteiger charge is 2.19. The molecule has 0 saturated carbocycles. The summed E-state index contributed by atoms with van der Waals surface area (Å²) < 4.78 is 4.81. The van der Waals surface area contributed by atoms with Gasteiger partial charge in [0.25, 0.3) is 0 Å². The summed E-state index contributed by atoms with van der Waals surface area (Å²) in [5.41, 5.74) is 14.3. The molecule has 0 aliphatic heterocycles. The van der Waals surface area contributed by atoms with E-state index in [-0.39, 0.29) is 0 Å². The molecule has 0 aliphatic carbocycles. The summed E-state index contributed by atoms with van der Waals surface area (Å²) in [5.74, 6) is 0.702. The summed E-state index contributed by atoms with van der Waals surface area (Å²) >= 11 is 0. The normalized spacial score (nSPS) is 11.7. The highest BCUT2D eigenvalue weighted by Crippen LogP contribution is 2.40. The van der Waals surface area contributed by atoms with Gasteiger partial charge in [-0.25, -0.2) is 9.97 Å². The number of para-hydroxylation sites is 3. The molecular weight excluding hydrogens is 729 g/mol. The molecule has 3 aromatic heterocycles. The molecule has 0 radical (unpaired) electrons. The van der Waals surface area contributed by atoms with Gasteiger partial charge in [0.15, 0.2) is 5.82 Å². The smallest absolute Gasteiger partial charge is 0.160 e. The second-order valence-electron chi connectivity index (χ2n) is 15.4. The number of rotatable bonds is 6. The van der Waals surface area contributed by atoms with Crippen LogP contribution in [0.4, 0.5) is 0 Å². The third-order valence-corrected chi connectivity index (χ3v) is 11.9. The molecule has 3 heterocycles. The lowest BCUT2D eigenvalue weighted by Gasteiger charge is -2.12. The quantitative estimate of drug-likeness (QED) is 0.169. The Kier molecular flexibility index (Phi) is 7.82. The molecule has 12 rings (SSSR count). The van der Waals surface area contributed by atoms with Crippen LogP contribution in [0.5, 0.6) is 0 Å². The maximum atomic E-state index is 5.18. The van der Waals surface area contributed by atoms with Crippen LogP contribution in [0.25, 0.3) is 111 Å². The van der Waals surface area contributed by atoms with Crippen LogP contribution in [0.15, 0.2) is 218 Å². The SMILES string of the molecule is c1ccc(-c2cc(-c3cccc4ccccc34)nc(-c3ccc(-c4ccc(-n5c6ccccc6c6cc7c(cc65)c5ccccc5n7-c5ccccc5)cc4)cc3)n2)cc1. The number of fused-ring (bicyclic) bond motifs is 7. The van der Waals surface area contributed by atoms with Crippen LogP contribution in [-0.4, -0.2) is 19.1 Å². The van der Waals surface area contributed by atoms with E-state index in [2.05, 4.69) is 221 Å². The fourth-order valence-corrected chi connectivity index (χ4v) is 9.10. The maximum Gasteiger partial charge on any atom is 0.160 e. The molecular formula is C56H36N4. The molecule has 12 aromatic rings. The van der Waals surface area contributed by atoms with Gasteiger partial charge in [-0.1, -0.05) is 164 Å². The van der Waals surface area contributed by atoms with E-state index in [1.165, 1.54) is 54.4 Å². The third kappa shape index (κ3) is 5.53. The Morgan fingerprint density at radius 3 is 1.42 bits per heavy atom. The van der Waals surface area contributed by atoms with Crippen molar-refractivity contribution in [2.75, 3.05) is 0 Å². The van der Waals surface area contributed by atoms with Gasteiger partial charge in [0.05, 0.1) is 33.5 Å². The van der Waals surface area contributed by atoms with Crippen molar-refractivity contribution in [3.8, 4) is 56.4 Å². The molecule has 0 spiro atoms. The Bertz CT molecular complexity index is 3560. The van der Waals surface area contributed by atoms with Crippen molar-refractivity contribution in [3.05, 3.63) is 218 Å². The lowest BCUT2D eigenvalue weighted by molar-refractivity contribution is 1.17. The minimum Gasteiger partial charge on any atom is -0.309 e. The van der Waals surface area contributed by atoms with E-state index in [0.29, 0.717) is 5.82 Å². The molecule has 0 bridgehead atoms. The highest BCUT2D eigenvalue weighted by atomic mass is 15.0. The van der Waals surface area contributed by atoms with Crippen molar-refractivity contribution in [2.45, 2.75) is 0 Å². The Hall–Kier alpha value is -8.08. The van der Waals surface area contributed by atoms with E-state index in [9.17, 15) is 0 Å². The van der Waals surface area contributed by atoms with Gasteiger partial charge in [-0.3, -0.25) is 0 Å². The second kappa shape index (κ2) is 13.8. The predicted molar refractivity (Wildman–Crippen MR) is 250 cm³/mol. The Morgan fingerprint density at radius 2 is 0.767 bits per heavy atom. The zero-order valence-electron chi connectivity index (χ0n) is 32.6. The maximum absolute atomic E-state index is 5.18. The summed E-state index contributed by atoms with van der Waals surface area (Å²) in [4.78, 5) is 10.3. The fourth-order valence-electron chi connectivity index (χ4n) is 9.10. The molecule has 0 N–H and O–H groups in total. The molecule has 0 amide bonds. The predicted octanol–water partition coefficient (Wildman–Crippen LogP) is 14.5. The van der Waals surface area contributed by atoms with E-state index in [4.69, 9.17) is 9.97 Å². The van der Waals surface area contributed by atoms with Gasteiger partial charge in [-0.15, -0.1) is 0 Å². The third-order valence-electron chi connectivity index (χ3n) is 11.9. The molecule has 60 heavy (non-hydrogen) atoms. The standard InChI is InChI=1S/C56H36N4/c1-3-15-40(16-4-1)50-36-51(45-23-13-17-39-14-7-8-20-44(39)45)58-56(57-50)41-28-26-37(27-29-41)38-30-32-43(33-31-38)60-53-25-12-10-22-47(53)49-34-54-48(35-55(49)60)46-21-9-11-24-52(46)59(54)42-18-5-2-6-19-42/h1-36H. The van der Waals surface area contributed by atoms with Crippen molar-refractivity contribution in [2.24, 2.45) is 0 Å². The van der Waals surface area contributed by atoms with Crippen molar-refractivity contribution in [1.29, 1.82) is 0 Å². The first kappa shape index (κ1) is 34.0. The van der Waals surface area contributed by atoms with Crippen molar-refractivity contribution >= 4 is 54.4 Å². The molecule has 0 unspecified atom stereocenters. The summed E-state index contributed by atoms with van der Waals surface area (Å²) in [6, 6.07) is 77.9. The fraction of sp³-hybridized carbons (Fsp3) is 0. The van der Waals surface area contributed by atoms with Gasteiger partial charge in [0.2, 0.25) is 0 Å². The van der Waals surface area contributed by atoms with Crippen LogP contribution >= 0.6 is 0 Å². The Balaban J connectivity index is 0.936. The monoisotopic (exact) mass is 764 g/mol. The lowest BCUT2D eigenvalue weighted by Crippen LogP contribution is -1.96. The van der Waals surface area contributed by atoms with Crippen LogP contribution in [0.1, 0.15) is 0 Å². The van der Waals surface area contributed by atoms with E-state index in [1.54, 1.807) is 0 Å². The molecule has 0 fully saturated rings.